The number of rotatable bonds is 4. The summed E-state index contributed by atoms with van der Waals surface area (Å²) in [6.07, 6.45) is 0. The number of fused-ring (bicyclic) bond motifs is 7. The van der Waals surface area contributed by atoms with Gasteiger partial charge in [0.05, 0.1) is 16.6 Å². The third-order valence-electron chi connectivity index (χ3n) is 9.22. The standard InChI is InChI=1S/C43H26N4O/c1-3-12-27(13-4-1)41-44-42(30-22-23-33-32-18-9-10-21-37(32)47(38(33)25-30)31-16-5-2-6-17-31)46-43(45-41)35-20-11-19-34-36-24-28-14-7-8-15-29(28)26-39(36)48-40(34)35/h1-26H. The van der Waals surface area contributed by atoms with Crippen LogP contribution in [0.4, 0.5) is 0 Å². The van der Waals surface area contributed by atoms with E-state index < -0.39 is 0 Å². The average Bonchev–Trinajstić information content (AvgIpc) is 3.69. The number of nitrogens with zero attached hydrogens (tertiary/aromatic N) is 4. The molecule has 0 spiro atoms. The van der Waals surface area contributed by atoms with Crippen molar-refractivity contribution in [3.63, 3.8) is 0 Å². The van der Waals surface area contributed by atoms with Gasteiger partial charge >= 0.3 is 0 Å². The van der Waals surface area contributed by atoms with Crippen LogP contribution in [-0.4, -0.2) is 19.5 Å². The fourth-order valence-electron chi connectivity index (χ4n) is 6.97. The fourth-order valence-corrected chi connectivity index (χ4v) is 6.97. The lowest BCUT2D eigenvalue weighted by atomic mass is 10.0. The minimum absolute atomic E-state index is 0.566. The van der Waals surface area contributed by atoms with Gasteiger partial charge in [-0.1, -0.05) is 115 Å². The van der Waals surface area contributed by atoms with E-state index in [1.807, 2.05) is 42.5 Å². The zero-order valence-electron chi connectivity index (χ0n) is 25.7. The van der Waals surface area contributed by atoms with E-state index in [4.69, 9.17) is 19.4 Å². The van der Waals surface area contributed by atoms with Gasteiger partial charge in [0.15, 0.2) is 17.5 Å². The van der Waals surface area contributed by atoms with E-state index in [9.17, 15) is 0 Å². The van der Waals surface area contributed by atoms with E-state index >= 15 is 0 Å². The fraction of sp³-hybridized carbons (Fsp3) is 0. The van der Waals surface area contributed by atoms with Gasteiger partial charge in [-0.2, -0.15) is 0 Å². The van der Waals surface area contributed by atoms with Crippen LogP contribution in [0.5, 0.6) is 0 Å². The molecule has 0 atom stereocenters. The third-order valence-corrected chi connectivity index (χ3v) is 9.22. The van der Waals surface area contributed by atoms with Gasteiger partial charge < -0.3 is 8.98 Å². The lowest BCUT2D eigenvalue weighted by Crippen LogP contribution is -2.00. The molecule has 0 saturated carbocycles. The maximum Gasteiger partial charge on any atom is 0.167 e. The number of para-hydroxylation sites is 3. The maximum absolute atomic E-state index is 6.59. The molecule has 3 heterocycles. The van der Waals surface area contributed by atoms with Crippen molar-refractivity contribution in [2.75, 3.05) is 0 Å². The molecule has 3 aromatic heterocycles. The van der Waals surface area contributed by atoms with Crippen LogP contribution in [-0.2, 0) is 0 Å². The maximum atomic E-state index is 6.59. The van der Waals surface area contributed by atoms with E-state index in [1.54, 1.807) is 0 Å². The zero-order valence-corrected chi connectivity index (χ0v) is 25.7. The molecule has 0 bridgehead atoms. The summed E-state index contributed by atoms with van der Waals surface area (Å²) in [7, 11) is 0. The van der Waals surface area contributed by atoms with Gasteiger partial charge in [-0.3, -0.25) is 0 Å². The van der Waals surface area contributed by atoms with Crippen molar-refractivity contribution in [2.45, 2.75) is 0 Å². The summed E-state index contributed by atoms with van der Waals surface area (Å²) < 4.78 is 8.90. The largest absolute Gasteiger partial charge is 0.455 e. The lowest BCUT2D eigenvalue weighted by Gasteiger charge is -2.10. The van der Waals surface area contributed by atoms with Crippen LogP contribution in [0.25, 0.3) is 94.4 Å². The first-order chi connectivity index (χ1) is 23.8. The van der Waals surface area contributed by atoms with Crippen LogP contribution in [0.1, 0.15) is 0 Å². The smallest absolute Gasteiger partial charge is 0.167 e. The molecule has 0 radical (unpaired) electrons. The highest BCUT2D eigenvalue weighted by atomic mass is 16.3. The Morgan fingerprint density at radius 3 is 1.90 bits per heavy atom. The molecule has 0 fully saturated rings. The average molecular weight is 615 g/mol. The number of hydrogen-bond donors (Lipinski definition) is 0. The SMILES string of the molecule is c1ccc(-c2nc(-c3ccc4c5ccccc5n(-c5ccccc5)c4c3)nc(-c3cccc4c3oc3cc5ccccc5cc34)n2)cc1. The van der Waals surface area contributed by atoms with Crippen LogP contribution < -0.4 is 0 Å². The van der Waals surface area contributed by atoms with E-state index in [2.05, 4.69) is 120 Å². The molecule has 0 N–H and O–H groups in total. The summed E-state index contributed by atoms with van der Waals surface area (Å²) in [5, 5.41) is 6.80. The summed E-state index contributed by atoms with van der Waals surface area (Å²) in [4.78, 5) is 15.3. The topological polar surface area (TPSA) is 56.7 Å². The van der Waals surface area contributed by atoms with E-state index in [1.165, 1.54) is 16.2 Å². The summed E-state index contributed by atoms with van der Waals surface area (Å²) >= 11 is 0. The Labute approximate surface area is 275 Å². The van der Waals surface area contributed by atoms with Gasteiger partial charge in [0.1, 0.15) is 11.2 Å². The van der Waals surface area contributed by atoms with Crippen LogP contribution in [0.2, 0.25) is 0 Å². The van der Waals surface area contributed by atoms with Gasteiger partial charge in [0.25, 0.3) is 0 Å². The molecule has 0 amide bonds. The van der Waals surface area contributed by atoms with E-state index in [0.717, 1.165) is 60.7 Å². The molecule has 10 aromatic rings. The van der Waals surface area contributed by atoms with Gasteiger partial charge in [-0.15, -0.1) is 0 Å². The Bertz CT molecular complexity index is 2830. The highest BCUT2D eigenvalue weighted by Gasteiger charge is 2.19. The minimum atomic E-state index is 0.566. The second-order valence-electron chi connectivity index (χ2n) is 12.1. The Balaban J connectivity index is 1.22. The van der Waals surface area contributed by atoms with Gasteiger partial charge in [-0.05, 0) is 53.2 Å². The van der Waals surface area contributed by atoms with Gasteiger partial charge in [0, 0.05) is 38.4 Å². The van der Waals surface area contributed by atoms with Crippen LogP contribution in [0.15, 0.2) is 162 Å². The third kappa shape index (κ3) is 4.15. The Kier molecular flexibility index (Phi) is 5.81. The van der Waals surface area contributed by atoms with E-state index in [-0.39, 0.29) is 0 Å². The zero-order chi connectivity index (χ0) is 31.6. The molecular weight excluding hydrogens is 589 g/mol. The lowest BCUT2D eigenvalue weighted by molar-refractivity contribution is 0.670. The first kappa shape index (κ1) is 26.6. The molecule has 224 valence electrons. The predicted octanol–water partition coefficient (Wildman–Crippen LogP) is 11.0. The Morgan fingerprint density at radius 2 is 1.06 bits per heavy atom. The molecule has 5 heteroatoms. The molecule has 7 aromatic carbocycles. The Hall–Kier alpha value is -6.59. The van der Waals surface area contributed by atoms with Crippen LogP contribution >= 0.6 is 0 Å². The number of furan rings is 1. The Morgan fingerprint density at radius 1 is 0.417 bits per heavy atom. The molecule has 0 aliphatic heterocycles. The van der Waals surface area contributed by atoms with Crippen molar-refractivity contribution >= 4 is 54.5 Å². The monoisotopic (exact) mass is 614 g/mol. The number of hydrogen-bond acceptors (Lipinski definition) is 4. The molecular formula is C43H26N4O. The molecule has 0 aliphatic carbocycles. The molecule has 5 nitrogen and oxygen atoms in total. The highest BCUT2D eigenvalue weighted by Crippen LogP contribution is 2.38. The first-order valence-corrected chi connectivity index (χ1v) is 16.0. The van der Waals surface area contributed by atoms with Crippen molar-refractivity contribution in [1.82, 2.24) is 19.5 Å². The first-order valence-electron chi connectivity index (χ1n) is 16.0. The summed E-state index contributed by atoms with van der Waals surface area (Å²) in [6.45, 7) is 0. The van der Waals surface area contributed by atoms with Crippen molar-refractivity contribution in [1.29, 1.82) is 0 Å². The van der Waals surface area contributed by atoms with Crippen LogP contribution in [0.3, 0.4) is 0 Å². The molecule has 0 aliphatic rings. The van der Waals surface area contributed by atoms with Crippen molar-refractivity contribution in [3.05, 3.63) is 158 Å². The van der Waals surface area contributed by atoms with Gasteiger partial charge in [0.2, 0.25) is 0 Å². The molecule has 0 unspecified atom stereocenters. The summed E-state index contributed by atoms with van der Waals surface area (Å²) in [5.74, 6) is 1.78. The minimum Gasteiger partial charge on any atom is -0.455 e. The molecule has 10 rings (SSSR count). The second-order valence-corrected chi connectivity index (χ2v) is 12.1. The highest BCUT2D eigenvalue weighted by molar-refractivity contribution is 6.13. The van der Waals surface area contributed by atoms with Crippen molar-refractivity contribution in [2.24, 2.45) is 0 Å². The van der Waals surface area contributed by atoms with Crippen LogP contribution in [0, 0.1) is 0 Å². The quantitative estimate of drug-likeness (QED) is 0.198. The molecule has 0 saturated heterocycles. The summed E-state index contributed by atoms with van der Waals surface area (Å²) in [5.41, 5.74) is 7.61. The second kappa shape index (κ2) is 10.5. The molecule has 48 heavy (non-hydrogen) atoms. The van der Waals surface area contributed by atoms with E-state index in [0.29, 0.717) is 17.5 Å². The summed E-state index contributed by atoms with van der Waals surface area (Å²) in [6, 6.07) is 54.5. The van der Waals surface area contributed by atoms with Gasteiger partial charge in [-0.25, -0.2) is 15.0 Å². The number of aromatic nitrogens is 4. The van der Waals surface area contributed by atoms with Crippen molar-refractivity contribution < 1.29 is 4.42 Å². The number of benzene rings is 7. The van der Waals surface area contributed by atoms with Crippen molar-refractivity contribution in [3.8, 4) is 39.9 Å². The predicted molar refractivity (Wildman–Crippen MR) is 195 cm³/mol. The normalized spacial score (nSPS) is 11.8.